The number of carbonyl (C=O) groups excluding carboxylic acids is 1. The van der Waals surface area contributed by atoms with Gasteiger partial charge in [-0.3, -0.25) is 4.79 Å². The lowest BCUT2D eigenvalue weighted by atomic mass is 9.64. The average Bonchev–Trinajstić information content (AvgIpc) is 2.85. The number of carbonyl (C=O) groups is 1. The standard InChI is InChI=1S/C16H28O.C15H16/c1-3-13-9-5-6-10-14(13)15(17)16(2)11-7-4-8-12-16;1-12-8-10-15(11-9-12)13(2)14-6-4-3-5-7-14/h13-14H,3-12H2,1-2H3;3-11,13H,1-2H3/t13?,14-;/m1./s1. The normalized spacial score (nSPS) is 23.5. The number of hydrogen-bond acceptors (Lipinski definition) is 1. The van der Waals surface area contributed by atoms with Crippen LogP contribution in [0.25, 0.3) is 0 Å². The quantitative estimate of drug-likeness (QED) is 0.461. The van der Waals surface area contributed by atoms with E-state index < -0.39 is 0 Å². The zero-order chi connectivity index (χ0) is 23.0. The second kappa shape index (κ2) is 11.8. The fourth-order valence-corrected chi connectivity index (χ4v) is 5.86. The van der Waals surface area contributed by atoms with Crippen molar-refractivity contribution in [3.63, 3.8) is 0 Å². The molecule has 0 heterocycles. The molecule has 2 fully saturated rings. The van der Waals surface area contributed by atoms with Gasteiger partial charge in [-0.25, -0.2) is 0 Å². The summed E-state index contributed by atoms with van der Waals surface area (Å²) in [6.07, 6.45) is 12.5. The van der Waals surface area contributed by atoms with Gasteiger partial charge in [0.1, 0.15) is 5.78 Å². The first-order valence-corrected chi connectivity index (χ1v) is 13.1. The lowest BCUT2D eigenvalue weighted by molar-refractivity contribution is -0.136. The van der Waals surface area contributed by atoms with Gasteiger partial charge in [0.25, 0.3) is 0 Å². The molecule has 1 heteroatoms. The van der Waals surface area contributed by atoms with E-state index in [0.29, 0.717) is 23.5 Å². The molecule has 1 nitrogen and oxygen atoms in total. The highest BCUT2D eigenvalue weighted by molar-refractivity contribution is 5.87. The lowest BCUT2D eigenvalue weighted by Gasteiger charge is -2.39. The van der Waals surface area contributed by atoms with Crippen LogP contribution >= 0.6 is 0 Å². The molecule has 0 spiro atoms. The van der Waals surface area contributed by atoms with Crippen molar-refractivity contribution in [1.82, 2.24) is 0 Å². The van der Waals surface area contributed by atoms with Crippen LogP contribution in [0.15, 0.2) is 54.6 Å². The number of Topliss-reactive ketones (excluding diaryl/α,β-unsaturated/α-hetero) is 1. The van der Waals surface area contributed by atoms with Crippen molar-refractivity contribution in [2.24, 2.45) is 17.3 Å². The van der Waals surface area contributed by atoms with Crippen molar-refractivity contribution in [1.29, 1.82) is 0 Å². The summed E-state index contributed by atoms with van der Waals surface area (Å²) < 4.78 is 0. The summed E-state index contributed by atoms with van der Waals surface area (Å²) in [5, 5.41) is 0. The van der Waals surface area contributed by atoms with Crippen LogP contribution in [-0.2, 0) is 4.79 Å². The van der Waals surface area contributed by atoms with Crippen molar-refractivity contribution in [3.8, 4) is 0 Å². The highest BCUT2D eigenvalue weighted by Gasteiger charge is 2.41. The number of rotatable bonds is 5. The maximum Gasteiger partial charge on any atom is 0.142 e. The molecule has 0 bridgehead atoms. The zero-order valence-corrected chi connectivity index (χ0v) is 20.9. The first kappa shape index (κ1) is 24.7. The third-order valence-corrected chi connectivity index (χ3v) is 8.20. The van der Waals surface area contributed by atoms with Gasteiger partial charge in [0.2, 0.25) is 0 Å². The Morgan fingerprint density at radius 2 is 1.47 bits per heavy atom. The van der Waals surface area contributed by atoms with Gasteiger partial charge >= 0.3 is 0 Å². The molecule has 0 aliphatic heterocycles. The van der Waals surface area contributed by atoms with E-state index in [2.05, 4.69) is 82.3 Å². The third-order valence-electron chi connectivity index (χ3n) is 8.20. The number of ketones is 1. The molecule has 174 valence electrons. The SMILES string of the molecule is CCC1CCCC[C@H]1C(=O)C1(C)CCCCC1.Cc1ccc(C(C)c2ccccc2)cc1. The minimum atomic E-state index is 0.0354. The Hall–Kier alpha value is -1.89. The van der Waals surface area contributed by atoms with E-state index in [1.165, 1.54) is 68.1 Å². The molecule has 2 aliphatic rings. The topological polar surface area (TPSA) is 17.1 Å². The summed E-state index contributed by atoms with van der Waals surface area (Å²) in [5.74, 6) is 2.20. The van der Waals surface area contributed by atoms with E-state index in [4.69, 9.17) is 0 Å². The molecule has 0 aromatic heterocycles. The van der Waals surface area contributed by atoms with Crippen LogP contribution in [0.3, 0.4) is 0 Å². The van der Waals surface area contributed by atoms with Gasteiger partial charge in [-0.1, -0.05) is 119 Å². The maximum atomic E-state index is 12.8. The third kappa shape index (κ3) is 6.33. The van der Waals surface area contributed by atoms with Crippen LogP contribution in [0.4, 0.5) is 0 Å². The molecule has 4 rings (SSSR count). The maximum absolute atomic E-state index is 12.8. The van der Waals surface area contributed by atoms with Gasteiger partial charge in [-0.15, -0.1) is 0 Å². The van der Waals surface area contributed by atoms with E-state index in [9.17, 15) is 4.79 Å². The fraction of sp³-hybridized carbons (Fsp3) is 0.581. The van der Waals surface area contributed by atoms with Crippen molar-refractivity contribution in [3.05, 3.63) is 71.3 Å². The lowest BCUT2D eigenvalue weighted by Crippen LogP contribution is -2.39. The predicted molar refractivity (Wildman–Crippen MR) is 137 cm³/mol. The molecule has 2 unspecified atom stereocenters. The summed E-state index contributed by atoms with van der Waals surface area (Å²) in [5.41, 5.74) is 4.11. The Morgan fingerprint density at radius 3 is 2.09 bits per heavy atom. The van der Waals surface area contributed by atoms with Gasteiger partial charge in [0, 0.05) is 17.3 Å². The number of aryl methyl sites for hydroxylation is 1. The average molecular weight is 433 g/mol. The molecular formula is C31H44O. The van der Waals surface area contributed by atoms with Crippen LogP contribution < -0.4 is 0 Å². The second-order valence-corrected chi connectivity index (χ2v) is 10.6. The molecular weight excluding hydrogens is 388 g/mol. The molecule has 2 aromatic carbocycles. The first-order valence-electron chi connectivity index (χ1n) is 13.1. The van der Waals surface area contributed by atoms with E-state index in [1.807, 2.05) is 0 Å². The van der Waals surface area contributed by atoms with E-state index >= 15 is 0 Å². The minimum absolute atomic E-state index is 0.0354. The Labute approximate surface area is 197 Å². The monoisotopic (exact) mass is 432 g/mol. The molecule has 32 heavy (non-hydrogen) atoms. The van der Waals surface area contributed by atoms with Crippen LogP contribution in [0.2, 0.25) is 0 Å². The number of benzene rings is 2. The molecule has 0 amide bonds. The largest absolute Gasteiger partial charge is 0.299 e. The Kier molecular flexibility index (Phi) is 9.14. The summed E-state index contributed by atoms with van der Waals surface area (Å²) in [6, 6.07) is 19.4. The zero-order valence-electron chi connectivity index (χ0n) is 20.9. The summed E-state index contributed by atoms with van der Waals surface area (Å²) >= 11 is 0. The van der Waals surface area contributed by atoms with Gasteiger partial charge in [-0.05, 0) is 49.7 Å². The van der Waals surface area contributed by atoms with Crippen LogP contribution in [-0.4, -0.2) is 5.78 Å². The molecule has 0 N–H and O–H groups in total. The smallest absolute Gasteiger partial charge is 0.142 e. The first-order chi connectivity index (χ1) is 15.4. The van der Waals surface area contributed by atoms with Gasteiger partial charge < -0.3 is 0 Å². The van der Waals surface area contributed by atoms with Gasteiger partial charge in [0.15, 0.2) is 0 Å². The second-order valence-electron chi connectivity index (χ2n) is 10.6. The van der Waals surface area contributed by atoms with E-state index in [1.54, 1.807) is 0 Å². The Morgan fingerprint density at radius 1 is 0.875 bits per heavy atom. The summed E-state index contributed by atoms with van der Waals surface area (Å²) in [7, 11) is 0. The summed E-state index contributed by atoms with van der Waals surface area (Å²) in [6.45, 7) is 8.88. The van der Waals surface area contributed by atoms with Crippen molar-refractivity contribution in [2.75, 3.05) is 0 Å². The summed E-state index contributed by atoms with van der Waals surface area (Å²) in [4.78, 5) is 12.8. The van der Waals surface area contributed by atoms with Crippen molar-refractivity contribution >= 4 is 5.78 Å². The Bertz CT molecular complexity index is 813. The van der Waals surface area contributed by atoms with Crippen LogP contribution in [0, 0.1) is 24.2 Å². The van der Waals surface area contributed by atoms with E-state index in [0.717, 1.165) is 12.8 Å². The minimum Gasteiger partial charge on any atom is -0.299 e. The van der Waals surface area contributed by atoms with Crippen molar-refractivity contribution < 1.29 is 4.79 Å². The highest BCUT2D eigenvalue weighted by atomic mass is 16.1. The fourth-order valence-electron chi connectivity index (χ4n) is 5.86. The molecule has 0 radical (unpaired) electrons. The van der Waals surface area contributed by atoms with Crippen molar-refractivity contribution in [2.45, 2.75) is 97.8 Å². The van der Waals surface area contributed by atoms with Gasteiger partial charge in [-0.2, -0.15) is 0 Å². The number of hydrogen-bond donors (Lipinski definition) is 0. The van der Waals surface area contributed by atoms with Crippen LogP contribution in [0.1, 0.15) is 108 Å². The van der Waals surface area contributed by atoms with Crippen LogP contribution in [0.5, 0.6) is 0 Å². The molecule has 0 saturated heterocycles. The highest BCUT2D eigenvalue weighted by Crippen LogP contribution is 2.43. The van der Waals surface area contributed by atoms with Gasteiger partial charge in [0.05, 0.1) is 0 Å². The molecule has 2 aliphatic carbocycles. The van der Waals surface area contributed by atoms with E-state index in [-0.39, 0.29) is 5.41 Å². The molecule has 3 atom stereocenters. The molecule has 2 aromatic rings. The Balaban J connectivity index is 0.000000182. The molecule has 2 saturated carbocycles. The predicted octanol–water partition coefficient (Wildman–Crippen LogP) is 8.89.